The van der Waals surface area contributed by atoms with Gasteiger partial charge >= 0.3 is 5.97 Å². The molecule has 226 valence electrons. The van der Waals surface area contributed by atoms with Gasteiger partial charge in [0.2, 0.25) is 0 Å². The second kappa shape index (κ2) is 13.7. The van der Waals surface area contributed by atoms with Crippen molar-refractivity contribution in [3.05, 3.63) is 89.0 Å². The van der Waals surface area contributed by atoms with E-state index in [2.05, 4.69) is 15.9 Å². The summed E-state index contributed by atoms with van der Waals surface area (Å²) in [7, 11) is 1.58. The molecular formula is C32H34BrN3O6S. The van der Waals surface area contributed by atoms with Crippen LogP contribution >= 0.6 is 27.3 Å². The highest BCUT2D eigenvalue weighted by atomic mass is 79.9. The maximum atomic E-state index is 14.0. The number of fused-ring (bicyclic) bond motifs is 1. The monoisotopic (exact) mass is 667 g/mol. The lowest BCUT2D eigenvalue weighted by Crippen LogP contribution is -2.40. The molecule has 2 aromatic carbocycles. The predicted molar refractivity (Wildman–Crippen MR) is 168 cm³/mol. The second-order valence-corrected chi connectivity index (χ2v) is 12.1. The Morgan fingerprint density at radius 2 is 1.86 bits per heavy atom. The van der Waals surface area contributed by atoms with Crippen LogP contribution in [0, 0.1) is 0 Å². The van der Waals surface area contributed by atoms with E-state index in [0.29, 0.717) is 43.0 Å². The second-order valence-electron chi connectivity index (χ2n) is 10.3. The predicted octanol–water partition coefficient (Wildman–Crippen LogP) is 4.35. The van der Waals surface area contributed by atoms with Gasteiger partial charge in [-0.25, -0.2) is 9.79 Å². The lowest BCUT2D eigenvalue weighted by atomic mass is 9.94. The van der Waals surface area contributed by atoms with Gasteiger partial charge in [0.1, 0.15) is 11.5 Å². The number of likely N-dealkylation sites (tertiary alicyclic amines) is 1. The number of methoxy groups -OCH3 is 1. The van der Waals surface area contributed by atoms with Crippen LogP contribution in [-0.2, 0) is 14.3 Å². The van der Waals surface area contributed by atoms with Crippen LogP contribution in [0.25, 0.3) is 6.08 Å². The number of nitrogens with zero attached hydrogens (tertiary/aromatic N) is 3. The highest BCUT2D eigenvalue weighted by Gasteiger charge is 2.34. The molecular weight excluding hydrogens is 634 g/mol. The summed E-state index contributed by atoms with van der Waals surface area (Å²) in [6.07, 6.45) is 5.21. The molecule has 9 nitrogen and oxygen atoms in total. The van der Waals surface area contributed by atoms with Crippen LogP contribution in [0.15, 0.2) is 68.0 Å². The first-order valence-electron chi connectivity index (χ1n) is 14.4. The molecule has 11 heteroatoms. The summed E-state index contributed by atoms with van der Waals surface area (Å²) in [5.41, 5.74) is 2.26. The topological polar surface area (TPSA) is 99.4 Å². The smallest absolute Gasteiger partial charge is 0.338 e. The molecule has 1 aromatic heterocycles. The Labute approximate surface area is 262 Å². The molecule has 0 spiro atoms. The maximum absolute atomic E-state index is 14.0. The average Bonchev–Trinajstić information content (AvgIpc) is 3.65. The van der Waals surface area contributed by atoms with Gasteiger partial charge in [-0.15, -0.1) is 0 Å². The number of rotatable bonds is 10. The number of esters is 1. The number of aromatic nitrogens is 1. The first-order chi connectivity index (χ1) is 20.8. The number of allylic oxidation sites excluding steroid dienone is 1. The van der Waals surface area contributed by atoms with Crippen molar-refractivity contribution < 1.29 is 23.8 Å². The van der Waals surface area contributed by atoms with Gasteiger partial charge in [0.05, 0.1) is 40.0 Å². The van der Waals surface area contributed by atoms with Gasteiger partial charge in [-0.2, -0.15) is 0 Å². The van der Waals surface area contributed by atoms with E-state index in [-0.39, 0.29) is 24.7 Å². The summed E-state index contributed by atoms with van der Waals surface area (Å²) in [4.78, 5) is 46.8. The Bertz CT molecular complexity index is 1720. The van der Waals surface area contributed by atoms with E-state index in [1.807, 2.05) is 36.1 Å². The van der Waals surface area contributed by atoms with Crippen LogP contribution < -0.4 is 24.4 Å². The Balaban J connectivity index is 1.52. The van der Waals surface area contributed by atoms with E-state index < -0.39 is 12.0 Å². The van der Waals surface area contributed by atoms with Crippen LogP contribution in [-0.4, -0.2) is 54.8 Å². The molecule has 3 heterocycles. The molecule has 0 unspecified atom stereocenters. The van der Waals surface area contributed by atoms with Crippen molar-refractivity contribution in [1.29, 1.82) is 0 Å². The van der Waals surface area contributed by atoms with E-state index in [1.54, 1.807) is 42.9 Å². The summed E-state index contributed by atoms with van der Waals surface area (Å²) in [6.45, 7) is 5.56. The largest absolute Gasteiger partial charge is 0.496 e. The number of carbonyl (C=O) groups excluding carboxylic acids is 2. The van der Waals surface area contributed by atoms with Crippen molar-refractivity contribution in [1.82, 2.24) is 9.47 Å². The normalized spacial score (nSPS) is 16.6. The lowest BCUT2D eigenvalue weighted by molar-refractivity contribution is -0.139. The third-order valence-electron chi connectivity index (χ3n) is 7.38. The van der Waals surface area contributed by atoms with Crippen molar-refractivity contribution in [3.8, 4) is 11.5 Å². The molecule has 1 fully saturated rings. The molecule has 1 atom stereocenters. The van der Waals surface area contributed by atoms with E-state index in [4.69, 9.17) is 19.2 Å². The number of ether oxygens (including phenoxy) is 3. The number of carbonyl (C=O) groups is 2. The molecule has 1 amide bonds. The maximum Gasteiger partial charge on any atom is 0.338 e. The molecule has 3 aromatic rings. The number of amides is 1. The van der Waals surface area contributed by atoms with Crippen LogP contribution in [0.1, 0.15) is 56.7 Å². The van der Waals surface area contributed by atoms with Crippen molar-refractivity contribution in [2.75, 3.05) is 33.4 Å². The van der Waals surface area contributed by atoms with E-state index in [9.17, 15) is 14.4 Å². The fourth-order valence-corrected chi connectivity index (χ4v) is 6.88. The van der Waals surface area contributed by atoms with E-state index in [0.717, 1.165) is 43.5 Å². The highest BCUT2D eigenvalue weighted by Crippen LogP contribution is 2.36. The standard InChI is InChI=1S/C32H34BrN3O6S/c1-4-8-24-28(31(39)41-5-2)29(21-11-14-25(40-3)23(33)18-21)36-30(38)26(43-32(36)34-24)17-20-9-12-22(13-10-20)42-19-27(37)35-15-6-7-16-35/h9-14,17-18,29H,4-8,15-16,19H2,1-3H3/b26-17+/t29-/m0/s1. The number of hydrogen-bond donors (Lipinski definition) is 0. The van der Waals surface area contributed by atoms with Gasteiger partial charge in [0.25, 0.3) is 11.5 Å². The minimum atomic E-state index is -0.717. The van der Waals surface area contributed by atoms with Crippen molar-refractivity contribution in [2.24, 2.45) is 4.99 Å². The third-order valence-corrected chi connectivity index (χ3v) is 8.99. The Hall–Kier alpha value is -3.70. The third kappa shape index (κ3) is 6.62. The molecule has 1 saturated heterocycles. The fourth-order valence-electron chi connectivity index (χ4n) is 5.30. The van der Waals surface area contributed by atoms with Gasteiger partial charge in [0, 0.05) is 13.1 Å². The summed E-state index contributed by atoms with van der Waals surface area (Å²) in [6, 6.07) is 12.1. The van der Waals surface area contributed by atoms with Crippen molar-refractivity contribution in [2.45, 2.75) is 45.6 Å². The zero-order valence-electron chi connectivity index (χ0n) is 24.4. The van der Waals surface area contributed by atoms with Gasteiger partial charge in [-0.1, -0.05) is 42.9 Å². The van der Waals surface area contributed by atoms with Gasteiger partial charge in [-0.3, -0.25) is 14.2 Å². The number of halogens is 1. The van der Waals surface area contributed by atoms with Gasteiger partial charge < -0.3 is 19.1 Å². The molecule has 5 rings (SSSR count). The van der Waals surface area contributed by atoms with Crippen molar-refractivity contribution >= 4 is 45.2 Å². The fraction of sp³-hybridized carbons (Fsp3) is 0.375. The Kier molecular flexibility index (Phi) is 9.82. The minimum Gasteiger partial charge on any atom is -0.496 e. The van der Waals surface area contributed by atoms with Crippen LogP contribution in [0.4, 0.5) is 0 Å². The highest BCUT2D eigenvalue weighted by molar-refractivity contribution is 9.10. The SMILES string of the molecule is CCCC1=C(C(=O)OCC)[C@H](c2ccc(OC)c(Br)c2)n2c(s/c(=C/c3ccc(OCC(=O)N4CCCC4)cc3)c2=O)=N1. The quantitative estimate of drug-likeness (QED) is 0.298. The van der Waals surface area contributed by atoms with E-state index >= 15 is 0 Å². The van der Waals surface area contributed by atoms with Gasteiger partial charge in [0.15, 0.2) is 11.4 Å². The lowest BCUT2D eigenvalue weighted by Gasteiger charge is -2.26. The Morgan fingerprint density at radius 1 is 1.12 bits per heavy atom. The van der Waals surface area contributed by atoms with Crippen LogP contribution in [0.5, 0.6) is 11.5 Å². The summed E-state index contributed by atoms with van der Waals surface area (Å²) < 4.78 is 19.4. The molecule has 0 saturated carbocycles. The first-order valence-corrected chi connectivity index (χ1v) is 16.0. The summed E-state index contributed by atoms with van der Waals surface area (Å²) in [5.74, 6) is 0.726. The molecule has 0 bridgehead atoms. The molecule has 0 aliphatic carbocycles. The molecule has 43 heavy (non-hydrogen) atoms. The van der Waals surface area contributed by atoms with Crippen molar-refractivity contribution in [3.63, 3.8) is 0 Å². The molecule has 0 radical (unpaired) electrons. The van der Waals surface area contributed by atoms with Gasteiger partial charge in [-0.05, 0) is 83.6 Å². The zero-order chi connectivity index (χ0) is 30.5. The number of hydrogen-bond acceptors (Lipinski definition) is 8. The number of benzene rings is 2. The Morgan fingerprint density at radius 3 is 2.51 bits per heavy atom. The summed E-state index contributed by atoms with van der Waals surface area (Å²) >= 11 is 4.83. The molecule has 2 aliphatic rings. The van der Waals surface area contributed by atoms with Crippen LogP contribution in [0.2, 0.25) is 0 Å². The first kappa shape index (κ1) is 30.7. The molecule has 2 aliphatic heterocycles. The average molecular weight is 669 g/mol. The summed E-state index contributed by atoms with van der Waals surface area (Å²) in [5, 5.41) is 0. The van der Waals surface area contributed by atoms with E-state index in [1.165, 1.54) is 11.3 Å². The molecule has 0 N–H and O–H groups in total. The van der Waals surface area contributed by atoms with Crippen LogP contribution in [0.3, 0.4) is 0 Å². The zero-order valence-corrected chi connectivity index (χ0v) is 26.8. The minimum absolute atomic E-state index is 0.00229. The number of thiazole rings is 1.